The van der Waals surface area contributed by atoms with Crippen LogP contribution in [0.1, 0.15) is 63.5 Å². The first-order valence-electron chi connectivity index (χ1n) is 10.6. The Balaban J connectivity index is 2.37. The van der Waals surface area contributed by atoms with Crippen LogP contribution in [-0.2, 0) is 9.09 Å². The van der Waals surface area contributed by atoms with Crippen LogP contribution in [0.4, 0.5) is 0 Å². The smallest absolute Gasteiger partial charge is 0.454 e. The Bertz CT molecular complexity index is 911. The summed E-state index contributed by atoms with van der Waals surface area (Å²) in [7, 11) is -4.69. The predicted molar refractivity (Wildman–Crippen MR) is 121 cm³/mol. The van der Waals surface area contributed by atoms with Crippen molar-refractivity contribution in [3.63, 3.8) is 0 Å². The number of ether oxygens (including phenoxy) is 2. The van der Waals surface area contributed by atoms with Gasteiger partial charge < -0.3 is 19.3 Å². The zero-order chi connectivity index (χ0) is 23.8. The van der Waals surface area contributed by atoms with Gasteiger partial charge in [0.25, 0.3) is 0 Å². The van der Waals surface area contributed by atoms with Gasteiger partial charge >= 0.3 is 19.8 Å². The number of benzene rings is 1. The molecule has 1 heterocycles. The number of hydrogen-bond acceptors (Lipinski definition) is 7. The molecule has 32 heavy (non-hydrogen) atoms. The van der Waals surface area contributed by atoms with Crippen molar-refractivity contribution in [3.8, 4) is 17.8 Å². The standard InChI is InChI=1S/C21H31ClN3O6P/c1-5-7-12-21(13-8-6-2,14-29-32(26,27)28)31-20-24-18(22)23-19(25-20)30-17-15(3)10-9-11-16(17)4/h9-11H,5-8,12-14H2,1-4H3,(H2,26,27,28). The molecule has 0 aliphatic rings. The number of hydrogen-bond donors (Lipinski definition) is 2. The molecule has 0 unspecified atom stereocenters. The molecule has 0 saturated heterocycles. The first-order chi connectivity index (χ1) is 15.1. The van der Waals surface area contributed by atoms with Crippen LogP contribution in [0.25, 0.3) is 0 Å². The molecule has 0 aliphatic carbocycles. The quantitative estimate of drug-likeness (QED) is 0.350. The number of nitrogens with zero attached hydrogens (tertiary/aromatic N) is 3. The highest BCUT2D eigenvalue weighted by molar-refractivity contribution is 7.46. The summed E-state index contributed by atoms with van der Waals surface area (Å²) in [4.78, 5) is 30.9. The number of para-hydroxylation sites is 1. The second kappa shape index (κ2) is 11.9. The Morgan fingerprint density at radius 3 is 2.09 bits per heavy atom. The molecule has 2 aromatic rings. The molecule has 2 N–H and O–H groups in total. The Morgan fingerprint density at radius 2 is 1.56 bits per heavy atom. The topological polar surface area (TPSA) is 124 Å². The molecule has 178 valence electrons. The summed E-state index contributed by atoms with van der Waals surface area (Å²) in [5.41, 5.74) is 0.770. The molecule has 0 aliphatic heterocycles. The van der Waals surface area contributed by atoms with Gasteiger partial charge in [-0.25, -0.2) is 4.57 Å². The van der Waals surface area contributed by atoms with Crippen molar-refractivity contribution < 1.29 is 28.3 Å². The third kappa shape index (κ3) is 8.30. The summed E-state index contributed by atoms with van der Waals surface area (Å²) in [5.74, 6) is 0.605. The Hall–Kier alpha value is -1.77. The minimum Gasteiger partial charge on any atom is -0.454 e. The summed E-state index contributed by atoms with van der Waals surface area (Å²) < 4.78 is 28.2. The van der Waals surface area contributed by atoms with E-state index in [1.165, 1.54) is 0 Å². The van der Waals surface area contributed by atoms with Gasteiger partial charge in [-0.15, -0.1) is 4.98 Å². The van der Waals surface area contributed by atoms with Gasteiger partial charge in [-0.05, 0) is 62.3 Å². The number of phosphoric ester groups is 1. The molecule has 11 heteroatoms. The molecule has 0 fully saturated rings. The summed E-state index contributed by atoms with van der Waals surface area (Å²) in [6, 6.07) is 5.61. The van der Waals surface area contributed by atoms with Gasteiger partial charge in [0.15, 0.2) is 0 Å². The third-order valence-corrected chi connectivity index (χ3v) is 5.58. The number of phosphoric acid groups is 1. The molecular formula is C21H31ClN3O6P. The van der Waals surface area contributed by atoms with Gasteiger partial charge in [0.05, 0.1) is 6.61 Å². The van der Waals surface area contributed by atoms with E-state index in [-0.39, 0.29) is 23.9 Å². The lowest BCUT2D eigenvalue weighted by molar-refractivity contribution is -0.0155. The van der Waals surface area contributed by atoms with Crippen molar-refractivity contribution >= 4 is 19.4 Å². The van der Waals surface area contributed by atoms with E-state index in [2.05, 4.69) is 15.0 Å². The van der Waals surface area contributed by atoms with Crippen molar-refractivity contribution in [2.75, 3.05) is 6.61 Å². The zero-order valence-corrected chi connectivity index (χ0v) is 20.5. The molecule has 1 aromatic carbocycles. The van der Waals surface area contributed by atoms with Gasteiger partial charge in [-0.3, -0.25) is 4.52 Å². The van der Waals surface area contributed by atoms with Crippen LogP contribution >= 0.6 is 19.4 Å². The molecule has 1 aromatic heterocycles. The van der Waals surface area contributed by atoms with Crippen molar-refractivity contribution in [1.29, 1.82) is 0 Å². The van der Waals surface area contributed by atoms with E-state index in [0.29, 0.717) is 18.6 Å². The Labute approximate surface area is 193 Å². The fraction of sp³-hybridized carbons (Fsp3) is 0.571. The highest BCUT2D eigenvalue weighted by Crippen LogP contribution is 2.39. The molecule has 9 nitrogen and oxygen atoms in total. The van der Waals surface area contributed by atoms with Gasteiger partial charge in [0.2, 0.25) is 5.28 Å². The molecule has 0 saturated carbocycles. The van der Waals surface area contributed by atoms with Gasteiger partial charge in [0, 0.05) is 0 Å². The minimum absolute atomic E-state index is 0.0341. The fourth-order valence-corrected chi connectivity index (χ4v) is 3.80. The molecule has 2 rings (SSSR count). The maximum Gasteiger partial charge on any atom is 0.469 e. The minimum atomic E-state index is -4.69. The van der Waals surface area contributed by atoms with E-state index in [1.54, 1.807) is 0 Å². The molecule has 0 atom stereocenters. The number of halogens is 1. The van der Waals surface area contributed by atoms with E-state index >= 15 is 0 Å². The molecule has 0 spiro atoms. The zero-order valence-electron chi connectivity index (χ0n) is 18.9. The second-order valence-electron chi connectivity index (χ2n) is 7.75. The predicted octanol–water partition coefficient (Wildman–Crippen LogP) is 5.54. The maximum absolute atomic E-state index is 11.4. The van der Waals surface area contributed by atoms with Crippen molar-refractivity contribution in [1.82, 2.24) is 15.0 Å². The van der Waals surface area contributed by atoms with Crippen molar-refractivity contribution in [2.45, 2.75) is 71.8 Å². The summed E-state index contributed by atoms with van der Waals surface area (Å²) in [6.07, 6.45) is 4.26. The van der Waals surface area contributed by atoms with Gasteiger partial charge in [-0.2, -0.15) is 9.97 Å². The number of aromatic nitrogens is 3. The van der Waals surface area contributed by atoms with Crippen LogP contribution in [0, 0.1) is 13.8 Å². The molecule has 0 bridgehead atoms. The van der Waals surface area contributed by atoms with Crippen LogP contribution in [0.15, 0.2) is 18.2 Å². The average Bonchev–Trinajstić information content (AvgIpc) is 2.71. The average molecular weight is 488 g/mol. The van der Waals surface area contributed by atoms with Crippen LogP contribution in [0.5, 0.6) is 17.8 Å². The number of rotatable bonds is 13. The van der Waals surface area contributed by atoms with E-state index < -0.39 is 13.4 Å². The van der Waals surface area contributed by atoms with Gasteiger partial charge in [-0.1, -0.05) is 44.9 Å². The first kappa shape index (κ1) is 26.5. The number of unbranched alkanes of at least 4 members (excludes halogenated alkanes) is 2. The van der Waals surface area contributed by atoms with E-state index in [1.807, 2.05) is 45.9 Å². The number of aryl methyl sites for hydroxylation is 2. The monoisotopic (exact) mass is 487 g/mol. The molecule has 0 radical (unpaired) electrons. The highest BCUT2D eigenvalue weighted by Gasteiger charge is 2.36. The summed E-state index contributed by atoms with van der Waals surface area (Å²) in [5, 5.41) is -0.118. The van der Waals surface area contributed by atoms with Crippen molar-refractivity contribution in [3.05, 3.63) is 34.6 Å². The summed E-state index contributed by atoms with van der Waals surface area (Å²) in [6.45, 7) is 7.54. The van der Waals surface area contributed by atoms with Crippen LogP contribution in [-0.4, -0.2) is 36.9 Å². The highest BCUT2D eigenvalue weighted by atomic mass is 35.5. The van der Waals surface area contributed by atoms with E-state index in [4.69, 9.17) is 25.6 Å². The van der Waals surface area contributed by atoms with E-state index in [9.17, 15) is 14.4 Å². The Morgan fingerprint density at radius 1 is 1.00 bits per heavy atom. The molecule has 0 amide bonds. The molecular weight excluding hydrogens is 457 g/mol. The SMILES string of the molecule is CCCCC(CCCC)(COP(=O)(O)O)Oc1nc(Cl)nc(Oc2c(C)cccc2C)n1. The van der Waals surface area contributed by atoms with Crippen LogP contribution < -0.4 is 9.47 Å². The lowest BCUT2D eigenvalue weighted by Gasteiger charge is -2.33. The maximum atomic E-state index is 11.4. The van der Waals surface area contributed by atoms with Crippen LogP contribution in [0.2, 0.25) is 5.28 Å². The second-order valence-corrected chi connectivity index (χ2v) is 9.33. The lowest BCUT2D eigenvalue weighted by Crippen LogP contribution is -2.41. The van der Waals surface area contributed by atoms with E-state index in [0.717, 1.165) is 36.8 Å². The van der Waals surface area contributed by atoms with Crippen molar-refractivity contribution in [2.24, 2.45) is 0 Å². The first-order valence-corrected chi connectivity index (χ1v) is 12.5. The third-order valence-electron chi connectivity index (χ3n) is 4.94. The summed E-state index contributed by atoms with van der Waals surface area (Å²) >= 11 is 6.11. The van der Waals surface area contributed by atoms with Gasteiger partial charge in [0.1, 0.15) is 11.4 Å². The normalized spacial score (nSPS) is 12.1. The Kier molecular flexibility index (Phi) is 9.85. The van der Waals surface area contributed by atoms with Crippen LogP contribution in [0.3, 0.4) is 0 Å². The fourth-order valence-electron chi connectivity index (χ4n) is 3.25. The lowest BCUT2D eigenvalue weighted by atomic mass is 9.91. The largest absolute Gasteiger partial charge is 0.469 e.